The quantitative estimate of drug-likeness (QED) is 0.281. The van der Waals surface area contributed by atoms with Crippen molar-refractivity contribution in [2.24, 2.45) is 10.9 Å². The molecule has 24 heavy (non-hydrogen) atoms. The van der Waals surface area contributed by atoms with Crippen LogP contribution in [-0.2, 0) is 11.3 Å². The fourth-order valence-corrected chi connectivity index (χ4v) is 3.10. The van der Waals surface area contributed by atoms with Gasteiger partial charge in [0, 0.05) is 38.5 Å². The number of nitrogens with zero attached hydrogens (tertiary/aromatic N) is 3. The van der Waals surface area contributed by atoms with Gasteiger partial charge in [0.1, 0.15) is 0 Å². The van der Waals surface area contributed by atoms with E-state index in [-0.39, 0.29) is 35.8 Å². The molecule has 6 nitrogen and oxygen atoms in total. The zero-order chi connectivity index (χ0) is 16.7. The van der Waals surface area contributed by atoms with Crippen molar-refractivity contribution in [2.45, 2.75) is 39.2 Å². The van der Waals surface area contributed by atoms with Crippen LogP contribution in [0.1, 0.15) is 36.4 Å². The molecule has 0 aliphatic heterocycles. The molecule has 1 aromatic heterocycles. The van der Waals surface area contributed by atoms with Gasteiger partial charge in [-0.3, -0.25) is 9.79 Å². The molecule has 1 aliphatic carbocycles. The van der Waals surface area contributed by atoms with Gasteiger partial charge in [0.15, 0.2) is 5.96 Å². The van der Waals surface area contributed by atoms with Gasteiger partial charge in [-0.05, 0) is 26.2 Å². The summed E-state index contributed by atoms with van der Waals surface area (Å²) in [4.78, 5) is 22.5. The standard InChI is InChI=1S/C16H27N5OS.HI/c1-12-20-14(11-23-12)10-21(3)16(17-2)19-9-5-8-18-15(22)13-6-4-7-13;/h11,13H,4-10H2,1-3H3,(H,17,19)(H,18,22);1H. The van der Waals surface area contributed by atoms with Gasteiger partial charge in [-0.1, -0.05) is 6.42 Å². The lowest BCUT2D eigenvalue weighted by Gasteiger charge is -2.24. The maximum Gasteiger partial charge on any atom is 0.223 e. The number of carbonyl (C=O) groups excluding carboxylic acids is 1. The zero-order valence-corrected chi connectivity index (χ0v) is 17.8. The van der Waals surface area contributed by atoms with E-state index >= 15 is 0 Å². The summed E-state index contributed by atoms with van der Waals surface area (Å²) in [7, 11) is 3.78. The van der Waals surface area contributed by atoms with Crippen molar-refractivity contribution in [1.29, 1.82) is 0 Å². The Bertz CT molecular complexity index is 544. The molecule has 0 unspecified atom stereocenters. The summed E-state index contributed by atoms with van der Waals surface area (Å²) in [5, 5.41) is 9.50. The number of hydrogen-bond donors (Lipinski definition) is 2. The van der Waals surface area contributed by atoms with Crippen LogP contribution < -0.4 is 10.6 Å². The summed E-state index contributed by atoms with van der Waals surface area (Å²) in [5.41, 5.74) is 1.06. The first-order valence-corrected chi connectivity index (χ1v) is 9.08. The molecule has 2 N–H and O–H groups in total. The van der Waals surface area contributed by atoms with E-state index in [2.05, 4.69) is 30.9 Å². The van der Waals surface area contributed by atoms with Crippen LogP contribution in [0.25, 0.3) is 0 Å². The highest BCUT2D eigenvalue weighted by molar-refractivity contribution is 14.0. The third-order valence-corrected chi connectivity index (χ3v) is 4.87. The second kappa shape index (κ2) is 10.9. The lowest BCUT2D eigenvalue weighted by Crippen LogP contribution is -2.40. The number of hydrogen-bond acceptors (Lipinski definition) is 4. The Labute approximate surface area is 165 Å². The van der Waals surface area contributed by atoms with E-state index in [0.29, 0.717) is 6.54 Å². The number of halogens is 1. The number of rotatable bonds is 7. The molecule has 0 aromatic carbocycles. The van der Waals surface area contributed by atoms with Crippen LogP contribution in [-0.4, -0.2) is 48.9 Å². The summed E-state index contributed by atoms with van der Waals surface area (Å²) in [6, 6.07) is 0. The van der Waals surface area contributed by atoms with Crippen LogP contribution in [0, 0.1) is 12.8 Å². The maximum atomic E-state index is 11.7. The maximum absolute atomic E-state index is 11.7. The van der Waals surface area contributed by atoms with Gasteiger partial charge in [0.2, 0.25) is 5.91 Å². The van der Waals surface area contributed by atoms with Crippen molar-refractivity contribution < 1.29 is 4.79 Å². The second-order valence-electron chi connectivity index (χ2n) is 5.96. The molecule has 2 rings (SSSR count). The van der Waals surface area contributed by atoms with Crippen LogP contribution >= 0.6 is 35.3 Å². The lowest BCUT2D eigenvalue weighted by atomic mass is 9.85. The van der Waals surface area contributed by atoms with E-state index in [4.69, 9.17) is 0 Å². The van der Waals surface area contributed by atoms with E-state index in [1.165, 1.54) is 6.42 Å². The van der Waals surface area contributed by atoms with Gasteiger partial charge < -0.3 is 15.5 Å². The van der Waals surface area contributed by atoms with Crippen molar-refractivity contribution >= 4 is 47.2 Å². The first-order valence-electron chi connectivity index (χ1n) is 8.20. The predicted molar refractivity (Wildman–Crippen MR) is 110 cm³/mol. The van der Waals surface area contributed by atoms with Crippen molar-refractivity contribution in [3.8, 4) is 0 Å². The number of aryl methyl sites for hydroxylation is 1. The molecule has 1 fully saturated rings. The summed E-state index contributed by atoms with van der Waals surface area (Å²) in [6.45, 7) is 4.26. The van der Waals surface area contributed by atoms with E-state index in [9.17, 15) is 4.79 Å². The van der Waals surface area contributed by atoms with E-state index in [1.807, 2.05) is 14.0 Å². The molecular formula is C16H28IN5OS. The van der Waals surface area contributed by atoms with Crippen molar-refractivity contribution in [1.82, 2.24) is 20.5 Å². The Morgan fingerprint density at radius 3 is 2.67 bits per heavy atom. The minimum atomic E-state index is 0. The zero-order valence-electron chi connectivity index (χ0n) is 14.7. The second-order valence-corrected chi connectivity index (χ2v) is 7.02. The smallest absolute Gasteiger partial charge is 0.223 e. The molecule has 0 atom stereocenters. The third kappa shape index (κ3) is 6.54. The van der Waals surface area contributed by atoms with Crippen molar-refractivity contribution in [2.75, 3.05) is 27.2 Å². The monoisotopic (exact) mass is 465 g/mol. The molecule has 0 bridgehead atoms. The highest BCUT2D eigenvalue weighted by atomic mass is 127. The van der Waals surface area contributed by atoms with Crippen LogP contribution in [0.5, 0.6) is 0 Å². The topological polar surface area (TPSA) is 69.6 Å². The molecule has 1 saturated carbocycles. The Hall–Kier alpha value is -0.900. The summed E-state index contributed by atoms with van der Waals surface area (Å²) >= 11 is 1.66. The first kappa shape index (κ1) is 21.1. The Kier molecular flexibility index (Phi) is 9.57. The van der Waals surface area contributed by atoms with Gasteiger partial charge in [-0.25, -0.2) is 4.98 Å². The number of aromatic nitrogens is 1. The SMILES string of the molecule is CN=C(NCCCNC(=O)C1CCC1)N(C)Cc1csc(C)n1.I. The Morgan fingerprint density at radius 2 is 2.12 bits per heavy atom. The first-order chi connectivity index (χ1) is 11.1. The average Bonchev–Trinajstić information content (AvgIpc) is 2.86. The average molecular weight is 465 g/mol. The van der Waals surface area contributed by atoms with Gasteiger partial charge in [-0.15, -0.1) is 35.3 Å². The Morgan fingerprint density at radius 1 is 1.42 bits per heavy atom. The molecule has 1 aromatic rings. The number of aliphatic imine (C=N–C) groups is 1. The van der Waals surface area contributed by atoms with Gasteiger partial charge in [0.25, 0.3) is 0 Å². The minimum absolute atomic E-state index is 0. The number of nitrogens with one attached hydrogen (secondary N) is 2. The fourth-order valence-electron chi connectivity index (χ4n) is 2.50. The molecule has 136 valence electrons. The van der Waals surface area contributed by atoms with Gasteiger partial charge in [-0.2, -0.15) is 0 Å². The molecule has 1 amide bonds. The third-order valence-electron chi connectivity index (χ3n) is 4.05. The van der Waals surface area contributed by atoms with Crippen LogP contribution in [0.15, 0.2) is 10.4 Å². The van der Waals surface area contributed by atoms with E-state index in [0.717, 1.165) is 49.0 Å². The summed E-state index contributed by atoms with van der Waals surface area (Å²) < 4.78 is 0. The lowest BCUT2D eigenvalue weighted by molar-refractivity contribution is -0.127. The van der Waals surface area contributed by atoms with Crippen molar-refractivity contribution in [3.05, 3.63) is 16.1 Å². The number of carbonyl (C=O) groups is 1. The van der Waals surface area contributed by atoms with Gasteiger partial charge >= 0.3 is 0 Å². The number of amides is 1. The number of thiazole rings is 1. The molecule has 0 spiro atoms. The Balaban J connectivity index is 0.00000288. The van der Waals surface area contributed by atoms with E-state index < -0.39 is 0 Å². The summed E-state index contributed by atoms with van der Waals surface area (Å²) in [6.07, 6.45) is 4.19. The van der Waals surface area contributed by atoms with Gasteiger partial charge in [0.05, 0.1) is 17.2 Å². The highest BCUT2D eigenvalue weighted by Crippen LogP contribution is 2.25. The molecule has 0 saturated heterocycles. The highest BCUT2D eigenvalue weighted by Gasteiger charge is 2.24. The van der Waals surface area contributed by atoms with Crippen LogP contribution in [0.3, 0.4) is 0 Å². The fraction of sp³-hybridized carbons (Fsp3) is 0.688. The number of guanidine groups is 1. The molecule has 0 radical (unpaired) electrons. The van der Waals surface area contributed by atoms with Crippen LogP contribution in [0.4, 0.5) is 0 Å². The summed E-state index contributed by atoms with van der Waals surface area (Å²) in [5.74, 6) is 1.33. The molecule has 1 aliphatic rings. The normalized spacial score (nSPS) is 14.5. The molecule has 1 heterocycles. The minimum Gasteiger partial charge on any atom is -0.356 e. The largest absolute Gasteiger partial charge is 0.356 e. The molecule has 8 heteroatoms. The van der Waals surface area contributed by atoms with Crippen molar-refractivity contribution in [3.63, 3.8) is 0 Å². The molecular weight excluding hydrogens is 437 g/mol. The van der Waals surface area contributed by atoms with Crippen LogP contribution in [0.2, 0.25) is 0 Å². The predicted octanol–water partition coefficient (Wildman–Crippen LogP) is 2.38. The van der Waals surface area contributed by atoms with E-state index in [1.54, 1.807) is 18.4 Å².